The summed E-state index contributed by atoms with van der Waals surface area (Å²) >= 11 is 0. The van der Waals surface area contributed by atoms with Crippen LogP contribution in [0.2, 0.25) is 0 Å². The van der Waals surface area contributed by atoms with Crippen molar-refractivity contribution in [2.45, 2.75) is 64.6 Å². The lowest BCUT2D eigenvalue weighted by Crippen LogP contribution is -2.54. The highest BCUT2D eigenvalue weighted by atomic mass is 32.2. The first-order valence-electron chi connectivity index (χ1n) is 13.1. The number of hydrogen-bond acceptors (Lipinski definition) is 5. The van der Waals surface area contributed by atoms with Gasteiger partial charge in [0.15, 0.2) is 0 Å². The lowest BCUT2D eigenvalue weighted by Gasteiger charge is -2.33. The average Bonchev–Trinajstić information content (AvgIpc) is 2.88. The molecule has 8 nitrogen and oxygen atoms in total. The minimum Gasteiger partial charge on any atom is -0.497 e. The van der Waals surface area contributed by atoms with Crippen LogP contribution in [0.4, 0.5) is 5.69 Å². The van der Waals surface area contributed by atoms with E-state index in [0.717, 1.165) is 21.0 Å². The molecule has 3 aromatic rings. The molecule has 0 heterocycles. The number of methoxy groups -OCH3 is 1. The SMILES string of the molecule is COc1cccc(CN(C(=O)CN(c2cc(C)cc(C)c2)S(=O)(=O)c2ccccc2)[C@@H](C)C(=O)NC(C)(C)C)c1. The van der Waals surface area contributed by atoms with Gasteiger partial charge in [-0.1, -0.05) is 36.4 Å². The topological polar surface area (TPSA) is 96.0 Å². The van der Waals surface area contributed by atoms with Gasteiger partial charge in [0, 0.05) is 12.1 Å². The maximum atomic E-state index is 14.1. The van der Waals surface area contributed by atoms with Gasteiger partial charge >= 0.3 is 0 Å². The lowest BCUT2D eigenvalue weighted by molar-refractivity contribution is -0.140. The standard InChI is InChI=1S/C31H39N3O5S/c1-22-16-23(2)18-26(17-22)34(40(37,38)28-14-9-8-10-15-28)21-29(35)33(24(3)30(36)32-31(4,5)6)20-25-12-11-13-27(19-25)39-7/h8-19,24H,20-21H2,1-7H3,(H,32,36)/t24-/m0/s1. The molecule has 0 aliphatic rings. The lowest BCUT2D eigenvalue weighted by atomic mass is 10.1. The number of amides is 2. The molecule has 0 bridgehead atoms. The average molecular weight is 566 g/mol. The van der Waals surface area contributed by atoms with E-state index in [-0.39, 0.29) is 17.3 Å². The number of sulfonamides is 1. The molecule has 0 spiro atoms. The summed E-state index contributed by atoms with van der Waals surface area (Å²) in [4.78, 5) is 28.8. The number of aryl methyl sites for hydroxylation is 2. The smallest absolute Gasteiger partial charge is 0.264 e. The molecule has 1 N–H and O–H groups in total. The predicted molar refractivity (Wildman–Crippen MR) is 158 cm³/mol. The largest absolute Gasteiger partial charge is 0.497 e. The van der Waals surface area contributed by atoms with Crippen molar-refractivity contribution < 1.29 is 22.7 Å². The highest BCUT2D eigenvalue weighted by Gasteiger charge is 2.33. The first kappa shape index (κ1) is 30.7. The second kappa shape index (κ2) is 12.6. The number of rotatable bonds is 10. The van der Waals surface area contributed by atoms with Crippen LogP contribution in [0, 0.1) is 13.8 Å². The Kier molecular flexibility index (Phi) is 9.63. The molecular weight excluding hydrogens is 526 g/mol. The van der Waals surface area contributed by atoms with Gasteiger partial charge in [-0.3, -0.25) is 13.9 Å². The Morgan fingerprint density at radius 3 is 2.12 bits per heavy atom. The fourth-order valence-electron chi connectivity index (χ4n) is 4.37. The van der Waals surface area contributed by atoms with E-state index in [9.17, 15) is 18.0 Å². The molecule has 0 aliphatic heterocycles. The van der Waals surface area contributed by atoms with Gasteiger partial charge in [0.25, 0.3) is 10.0 Å². The van der Waals surface area contributed by atoms with Gasteiger partial charge in [0.05, 0.1) is 17.7 Å². The number of carbonyl (C=O) groups excluding carboxylic acids is 2. The predicted octanol–water partition coefficient (Wildman–Crippen LogP) is 4.84. The van der Waals surface area contributed by atoms with Crippen molar-refractivity contribution in [1.82, 2.24) is 10.2 Å². The van der Waals surface area contributed by atoms with Crippen LogP contribution < -0.4 is 14.4 Å². The number of benzene rings is 3. The number of nitrogens with one attached hydrogen (secondary N) is 1. The van der Waals surface area contributed by atoms with Crippen LogP contribution >= 0.6 is 0 Å². The molecule has 0 unspecified atom stereocenters. The van der Waals surface area contributed by atoms with Gasteiger partial charge in [-0.15, -0.1) is 0 Å². The fourth-order valence-corrected chi connectivity index (χ4v) is 5.79. The summed E-state index contributed by atoms with van der Waals surface area (Å²) < 4.78 is 34.3. The zero-order valence-corrected chi connectivity index (χ0v) is 25.1. The Labute approximate surface area is 238 Å². The molecule has 9 heteroatoms. The molecule has 3 aromatic carbocycles. The van der Waals surface area contributed by atoms with Crippen LogP contribution in [0.5, 0.6) is 5.75 Å². The summed E-state index contributed by atoms with van der Waals surface area (Å²) in [5, 5.41) is 2.93. The maximum absolute atomic E-state index is 14.1. The molecule has 3 rings (SSSR count). The summed E-state index contributed by atoms with van der Waals surface area (Å²) in [6, 6.07) is 19.8. The van der Waals surface area contributed by atoms with E-state index in [0.29, 0.717) is 11.4 Å². The molecule has 1 atom stereocenters. The third-order valence-corrected chi connectivity index (χ3v) is 8.05. The van der Waals surface area contributed by atoms with Gasteiger partial charge in [0.2, 0.25) is 11.8 Å². The Morgan fingerprint density at radius 1 is 0.925 bits per heavy atom. The number of nitrogens with zero attached hydrogens (tertiary/aromatic N) is 2. The summed E-state index contributed by atoms with van der Waals surface area (Å²) in [7, 11) is -2.56. The third-order valence-electron chi connectivity index (χ3n) is 6.26. The minimum atomic E-state index is -4.11. The van der Waals surface area contributed by atoms with Gasteiger partial charge in [-0.2, -0.15) is 0 Å². The molecule has 214 valence electrons. The van der Waals surface area contributed by atoms with Crippen molar-refractivity contribution in [1.29, 1.82) is 0 Å². The molecule has 0 saturated heterocycles. The van der Waals surface area contributed by atoms with Crippen molar-refractivity contribution in [3.05, 3.63) is 89.5 Å². The van der Waals surface area contributed by atoms with E-state index >= 15 is 0 Å². The van der Waals surface area contributed by atoms with Crippen molar-refractivity contribution in [2.75, 3.05) is 18.0 Å². The quantitative estimate of drug-likeness (QED) is 0.380. The Bertz CT molecular complexity index is 1430. The van der Waals surface area contributed by atoms with Crippen LogP contribution in [-0.2, 0) is 26.2 Å². The van der Waals surface area contributed by atoms with E-state index in [1.165, 1.54) is 17.0 Å². The second-order valence-electron chi connectivity index (χ2n) is 11.0. The molecule has 2 amide bonds. The van der Waals surface area contributed by atoms with Gasteiger partial charge in [0.1, 0.15) is 18.3 Å². The Morgan fingerprint density at radius 2 is 1.55 bits per heavy atom. The first-order valence-corrected chi connectivity index (χ1v) is 14.6. The van der Waals surface area contributed by atoms with Gasteiger partial charge in [-0.05, 0) is 94.6 Å². The van der Waals surface area contributed by atoms with Crippen LogP contribution in [0.15, 0.2) is 77.7 Å². The van der Waals surface area contributed by atoms with E-state index in [1.54, 1.807) is 62.6 Å². The number of anilines is 1. The molecule has 0 saturated carbocycles. The third kappa shape index (κ3) is 7.85. The zero-order valence-electron chi connectivity index (χ0n) is 24.3. The van der Waals surface area contributed by atoms with Crippen molar-refractivity contribution in [3.8, 4) is 5.75 Å². The monoisotopic (exact) mass is 565 g/mol. The molecular formula is C31H39N3O5S. The van der Waals surface area contributed by atoms with Gasteiger partial charge < -0.3 is 15.0 Å². The van der Waals surface area contributed by atoms with Gasteiger partial charge in [-0.25, -0.2) is 8.42 Å². The van der Waals surface area contributed by atoms with Crippen LogP contribution in [0.1, 0.15) is 44.4 Å². The summed E-state index contributed by atoms with van der Waals surface area (Å²) in [5.41, 5.74) is 2.33. The summed E-state index contributed by atoms with van der Waals surface area (Å²) in [6.45, 7) is 10.6. The molecule has 0 aliphatic carbocycles. The normalized spacial score (nSPS) is 12.4. The van der Waals surface area contributed by atoms with E-state index < -0.39 is 34.1 Å². The van der Waals surface area contributed by atoms with E-state index in [2.05, 4.69) is 5.32 Å². The first-order chi connectivity index (χ1) is 18.7. The highest BCUT2D eigenvalue weighted by Crippen LogP contribution is 2.27. The molecule has 0 radical (unpaired) electrons. The highest BCUT2D eigenvalue weighted by molar-refractivity contribution is 7.92. The number of carbonyl (C=O) groups is 2. The fraction of sp³-hybridized carbons (Fsp3) is 0.355. The maximum Gasteiger partial charge on any atom is 0.264 e. The second-order valence-corrected chi connectivity index (χ2v) is 12.8. The number of hydrogen-bond donors (Lipinski definition) is 1. The molecule has 40 heavy (non-hydrogen) atoms. The van der Waals surface area contributed by atoms with Crippen LogP contribution in [0.3, 0.4) is 0 Å². The van der Waals surface area contributed by atoms with Crippen LogP contribution in [-0.4, -0.2) is 50.4 Å². The van der Waals surface area contributed by atoms with Crippen molar-refractivity contribution in [2.24, 2.45) is 0 Å². The summed E-state index contributed by atoms with van der Waals surface area (Å²) in [5.74, 6) is -0.245. The summed E-state index contributed by atoms with van der Waals surface area (Å²) in [6.07, 6.45) is 0. The number of ether oxygens (including phenoxy) is 1. The molecule has 0 fully saturated rings. The van der Waals surface area contributed by atoms with E-state index in [4.69, 9.17) is 4.74 Å². The van der Waals surface area contributed by atoms with Crippen molar-refractivity contribution in [3.63, 3.8) is 0 Å². The van der Waals surface area contributed by atoms with E-state index in [1.807, 2.05) is 46.8 Å². The van der Waals surface area contributed by atoms with Crippen LogP contribution in [0.25, 0.3) is 0 Å². The van der Waals surface area contributed by atoms with Crippen molar-refractivity contribution >= 4 is 27.5 Å². The Hall–Kier alpha value is -3.85. The molecule has 0 aromatic heterocycles. The zero-order chi connectivity index (χ0) is 29.7. The Balaban J connectivity index is 2.07. The minimum absolute atomic E-state index is 0.0693.